The Labute approximate surface area is 114 Å². The lowest BCUT2D eigenvalue weighted by Gasteiger charge is -2.09. The van der Waals surface area contributed by atoms with Gasteiger partial charge in [0.25, 0.3) is 0 Å². The SMILES string of the molecule is COc1ccc(C(=O)O)cc1Oc1cnc(C#N)cn1. The number of benzene rings is 1. The lowest BCUT2D eigenvalue weighted by Crippen LogP contribution is -1.99. The molecule has 0 radical (unpaired) electrons. The molecule has 0 aliphatic heterocycles. The number of nitriles is 1. The van der Waals surface area contributed by atoms with Crippen molar-refractivity contribution in [3.63, 3.8) is 0 Å². The van der Waals surface area contributed by atoms with Crippen LogP contribution in [-0.4, -0.2) is 28.2 Å². The monoisotopic (exact) mass is 271 g/mol. The maximum atomic E-state index is 10.9. The molecule has 1 aromatic heterocycles. The molecule has 0 saturated carbocycles. The molecule has 0 aliphatic rings. The Balaban J connectivity index is 2.33. The van der Waals surface area contributed by atoms with Crippen LogP contribution in [-0.2, 0) is 0 Å². The Morgan fingerprint density at radius 2 is 2.10 bits per heavy atom. The average molecular weight is 271 g/mol. The number of aromatic carboxylic acids is 1. The van der Waals surface area contributed by atoms with Crippen LogP contribution in [0.3, 0.4) is 0 Å². The topological polar surface area (TPSA) is 105 Å². The number of rotatable bonds is 4. The Kier molecular flexibility index (Phi) is 3.77. The van der Waals surface area contributed by atoms with Crippen molar-refractivity contribution in [3.05, 3.63) is 41.9 Å². The van der Waals surface area contributed by atoms with E-state index >= 15 is 0 Å². The molecular weight excluding hydrogens is 262 g/mol. The van der Waals surface area contributed by atoms with Gasteiger partial charge in [-0.3, -0.25) is 0 Å². The summed E-state index contributed by atoms with van der Waals surface area (Å²) in [7, 11) is 1.44. The molecule has 0 spiro atoms. The molecule has 0 amide bonds. The van der Waals surface area contributed by atoms with E-state index < -0.39 is 5.97 Å². The normalized spacial score (nSPS) is 9.60. The minimum atomic E-state index is -1.08. The number of nitrogens with zero attached hydrogens (tertiary/aromatic N) is 3. The van der Waals surface area contributed by atoms with Crippen molar-refractivity contribution in [1.82, 2.24) is 9.97 Å². The third kappa shape index (κ3) is 2.81. The second-order valence-corrected chi connectivity index (χ2v) is 3.62. The maximum absolute atomic E-state index is 10.9. The van der Waals surface area contributed by atoms with Crippen LogP contribution in [0.2, 0.25) is 0 Å². The third-order valence-corrected chi connectivity index (χ3v) is 2.37. The first-order valence-corrected chi connectivity index (χ1v) is 5.45. The van der Waals surface area contributed by atoms with Gasteiger partial charge in [-0.1, -0.05) is 0 Å². The molecular formula is C13H9N3O4. The number of aromatic nitrogens is 2. The van der Waals surface area contributed by atoms with Gasteiger partial charge in [0, 0.05) is 0 Å². The summed E-state index contributed by atoms with van der Waals surface area (Å²) in [6.45, 7) is 0. The summed E-state index contributed by atoms with van der Waals surface area (Å²) >= 11 is 0. The molecule has 0 saturated heterocycles. The molecule has 0 atom stereocenters. The third-order valence-electron chi connectivity index (χ3n) is 2.37. The van der Waals surface area contributed by atoms with Crippen molar-refractivity contribution in [1.29, 1.82) is 5.26 Å². The van der Waals surface area contributed by atoms with Gasteiger partial charge in [0.05, 0.1) is 25.1 Å². The Morgan fingerprint density at radius 3 is 2.65 bits per heavy atom. The van der Waals surface area contributed by atoms with E-state index in [0.717, 1.165) is 0 Å². The van der Waals surface area contributed by atoms with E-state index in [2.05, 4.69) is 9.97 Å². The van der Waals surface area contributed by atoms with E-state index in [1.165, 1.54) is 37.7 Å². The second kappa shape index (κ2) is 5.67. The standard InChI is InChI=1S/C13H9N3O4/c1-19-10-3-2-8(13(17)18)4-11(10)20-12-7-15-9(5-14)6-16-12/h2-4,6-7H,1H3,(H,17,18). The van der Waals surface area contributed by atoms with Crippen LogP contribution in [0.4, 0.5) is 0 Å². The number of hydrogen-bond acceptors (Lipinski definition) is 6. The lowest BCUT2D eigenvalue weighted by atomic mass is 10.2. The van der Waals surface area contributed by atoms with E-state index in [1.807, 2.05) is 6.07 Å². The minimum Gasteiger partial charge on any atom is -0.493 e. The molecule has 0 aliphatic carbocycles. The highest BCUT2D eigenvalue weighted by Crippen LogP contribution is 2.31. The Hall–Kier alpha value is -3.14. The predicted octanol–water partition coefficient (Wildman–Crippen LogP) is 1.85. The van der Waals surface area contributed by atoms with Gasteiger partial charge >= 0.3 is 5.97 Å². The highest BCUT2D eigenvalue weighted by Gasteiger charge is 2.11. The molecule has 2 rings (SSSR count). The van der Waals surface area contributed by atoms with Gasteiger partial charge in [-0.15, -0.1) is 0 Å². The quantitative estimate of drug-likeness (QED) is 0.904. The zero-order valence-corrected chi connectivity index (χ0v) is 10.4. The maximum Gasteiger partial charge on any atom is 0.335 e. The van der Waals surface area contributed by atoms with Crippen molar-refractivity contribution in [3.8, 4) is 23.4 Å². The number of carboxylic acid groups (broad SMARTS) is 1. The van der Waals surface area contributed by atoms with Crippen molar-refractivity contribution in [2.45, 2.75) is 0 Å². The van der Waals surface area contributed by atoms with Gasteiger partial charge in [0.15, 0.2) is 17.2 Å². The molecule has 0 fully saturated rings. The van der Waals surface area contributed by atoms with Crippen molar-refractivity contribution >= 4 is 5.97 Å². The summed E-state index contributed by atoms with van der Waals surface area (Å²) < 4.78 is 10.5. The first kappa shape index (κ1) is 13.3. The van der Waals surface area contributed by atoms with Crippen LogP contribution in [0, 0.1) is 11.3 Å². The predicted molar refractivity (Wildman–Crippen MR) is 66.8 cm³/mol. The van der Waals surface area contributed by atoms with Gasteiger partial charge in [0.2, 0.25) is 5.88 Å². The number of carboxylic acids is 1. The van der Waals surface area contributed by atoms with E-state index in [0.29, 0.717) is 5.75 Å². The molecule has 0 unspecified atom stereocenters. The number of methoxy groups -OCH3 is 1. The fraction of sp³-hybridized carbons (Fsp3) is 0.0769. The number of ether oxygens (including phenoxy) is 2. The molecule has 0 bridgehead atoms. The Morgan fingerprint density at radius 1 is 1.30 bits per heavy atom. The fourth-order valence-corrected chi connectivity index (χ4v) is 1.43. The highest BCUT2D eigenvalue weighted by molar-refractivity contribution is 5.88. The zero-order valence-electron chi connectivity index (χ0n) is 10.4. The zero-order chi connectivity index (χ0) is 14.5. The number of hydrogen-bond donors (Lipinski definition) is 1. The molecule has 7 nitrogen and oxygen atoms in total. The number of carbonyl (C=O) groups is 1. The lowest BCUT2D eigenvalue weighted by molar-refractivity contribution is 0.0696. The van der Waals surface area contributed by atoms with E-state index in [-0.39, 0.29) is 22.9 Å². The van der Waals surface area contributed by atoms with Crippen LogP contribution in [0.15, 0.2) is 30.6 Å². The summed E-state index contributed by atoms with van der Waals surface area (Å²) in [5.74, 6) is -0.388. The molecule has 1 heterocycles. The summed E-state index contributed by atoms with van der Waals surface area (Å²) in [6.07, 6.45) is 2.52. The summed E-state index contributed by atoms with van der Waals surface area (Å²) in [5.41, 5.74) is 0.214. The average Bonchev–Trinajstić information content (AvgIpc) is 2.48. The summed E-state index contributed by atoms with van der Waals surface area (Å²) in [6, 6.07) is 6.04. The molecule has 7 heteroatoms. The second-order valence-electron chi connectivity index (χ2n) is 3.62. The molecule has 2 aromatic rings. The first-order valence-electron chi connectivity index (χ1n) is 5.45. The van der Waals surface area contributed by atoms with Crippen LogP contribution >= 0.6 is 0 Å². The smallest absolute Gasteiger partial charge is 0.335 e. The van der Waals surface area contributed by atoms with Gasteiger partial charge < -0.3 is 14.6 Å². The molecule has 20 heavy (non-hydrogen) atoms. The van der Waals surface area contributed by atoms with Crippen molar-refractivity contribution < 1.29 is 19.4 Å². The van der Waals surface area contributed by atoms with Gasteiger partial charge in [0.1, 0.15) is 6.07 Å². The molecule has 1 N–H and O–H groups in total. The van der Waals surface area contributed by atoms with Gasteiger partial charge in [-0.25, -0.2) is 14.8 Å². The van der Waals surface area contributed by atoms with Gasteiger partial charge in [-0.2, -0.15) is 5.26 Å². The van der Waals surface area contributed by atoms with E-state index in [4.69, 9.17) is 19.8 Å². The van der Waals surface area contributed by atoms with Crippen LogP contribution in [0.5, 0.6) is 17.4 Å². The first-order chi connectivity index (χ1) is 9.63. The van der Waals surface area contributed by atoms with Crippen LogP contribution < -0.4 is 9.47 Å². The van der Waals surface area contributed by atoms with E-state index in [9.17, 15) is 4.79 Å². The van der Waals surface area contributed by atoms with E-state index in [1.54, 1.807) is 0 Å². The summed E-state index contributed by atoms with van der Waals surface area (Å²) in [5, 5.41) is 17.6. The van der Waals surface area contributed by atoms with Crippen molar-refractivity contribution in [2.24, 2.45) is 0 Å². The van der Waals surface area contributed by atoms with Crippen LogP contribution in [0.25, 0.3) is 0 Å². The highest BCUT2D eigenvalue weighted by atomic mass is 16.5. The molecule has 1 aromatic carbocycles. The Bertz CT molecular complexity index is 677. The van der Waals surface area contributed by atoms with Gasteiger partial charge in [-0.05, 0) is 18.2 Å². The van der Waals surface area contributed by atoms with Crippen LogP contribution in [0.1, 0.15) is 16.1 Å². The molecule has 100 valence electrons. The van der Waals surface area contributed by atoms with Crippen molar-refractivity contribution in [2.75, 3.05) is 7.11 Å². The largest absolute Gasteiger partial charge is 0.493 e. The fourth-order valence-electron chi connectivity index (χ4n) is 1.43. The minimum absolute atomic E-state index is 0.0578. The summed E-state index contributed by atoms with van der Waals surface area (Å²) in [4.78, 5) is 18.6.